The topological polar surface area (TPSA) is 118 Å². The van der Waals surface area contributed by atoms with Crippen molar-refractivity contribution >= 4 is 20.2 Å². The van der Waals surface area contributed by atoms with Crippen LogP contribution >= 0.6 is 0 Å². The molecule has 0 radical (unpaired) electrons. The van der Waals surface area contributed by atoms with Gasteiger partial charge in [0.25, 0.3) is 20.2 Å². The zero-order chi connectivity index (χ0) is 13.4. The SMILES string of the molecule is COc1c(C)ccc(S(=O)(=O)O)c1S(=O)(=O)O. The lowest BCUT2D eigenvalue weighted by molar-refractivity contribution is 0.388. The van der Waals surface area contributed by atoms with E-state index >= 15 is 0 Å². The molecule has 1 rings (SSSR count). The zero-order valence-corrected chi connectivity index (χ0v) is 10.5. The minimum absolute atomic E-state index is 0.299. The Labute approximate surface area is 98.5 Å². The normalized spacial score (nSPS) is 12.5. The number of hydrogen-bond donors (Lipinski definition) is 2. The maximum atomic E-state index is 11.1. The van der Waals surface area contributed by atoms with Crippen LogP contribution in [0.5, 0.6) is 5.75 Å². The van der Waals surface area contributed by atoms with Gasteiger partial charge in [-0.25, -0.2) is 0 Å². The van der Waals surface area contributed by atoms with Crippen molar-refractivity contribution in [2.45, 2.75) is 16.7 Å². The Morgan fingerprint density at radius 1 is 1.06 bits per heavy atom. The van der Waals surface area contributed by atoms with Crippen LogP contribution in [0, 0.1) is 6.92 Å². The smallest absolute Gasteiger partial charge is 0.299 e. The number of hydrogen-bond acceptors (Lipinski definition) is 5. The Bertz CT molecular complexity index is 643. The molecule has 17 heavy (non-hydrogen) atoms. The molecule has 0 amide bonds. The molecule has 0 aromatic heterocycles. The Balaban J connectivity index is 3.90. The van der Waals surface area contributed by atoms with Crippen LogP contribution in [0.15, 0.2) is 21.9 Å². The fourth-order valence-corrected chi connectivity index (χ4v) is 3.34. The fourth-order valence-electron chi connectivity index (χ4n) is 1.34. The van der Waals surface area contributed by atoms with E-state index in [1.54, 1.807) is 0 Å². The predicted molar refractivity (Wildman–Crippen MR) is 57.4 cm³/mol. The second kappa shape index (κ2) is 4.26. The van der Waals surface area contributed by atoms with Gasteiger partial charge in [0.1, 0.15) is 10.6 Å². The van der Waals surface area contributed by atoms with E-state index in [9.17, 15) is 16.8 Å². The van der Waals surface area contributed by atoms with E-state index in [0.29, 0.717) is 5.56 Å². The van der Waals surface area contributed by atoms with Gasteiger partial charge in [-0.3, -0.25) is 9.11 Å². The van der Waals surface area contributed by atoms with Crippen molar-refractivity contribution in [1.82, 2.24) is 0 Å². The summed E-state index contributed by atoms with van der Waals surface area (Å²) in [5.41, 5.74) is 0.299. The number of benzene rings is 1. The van der Waals surface area contributed by atoms with Gasteiger partial charge in [0.15, 0.2) is 4.90 Å². The van der Waals surface area contributed by atoms with E-state index < -0.39 is 30.0 Å². The number of methoxy groups -OCH3 is 1. The highest BCUT2D eigenvalue weighted by molar-refractivity contribution is 7.89. The molecule has 0 aliphatic heterocycles. The van der Waals surface area contributed by atoms with Gasteiger partial charge >= 0.3 is 0 Å². The van der Waals surface area contributed by atoms with Crippen LogP contribution in [0.1, 0.15) is 5.56 Å². The molecule has 96 valence electrons. The van der Waals surface area contributed by atoms with Crippen LogP contribution < -0.4 is 4.74 Å². The number of aryl methyl sites for hydroxylation is 1. The molecule has 2 N–H and O–H groups in total. The number of rotatable bonds is 3. The average Bonchev–Trinajstić information content (AvgIpc) is 2.13. The minimum Gasteiger partial charge on any atom is -0.495 e. The lowest BCUT2D eigenvalue weighted by Gasteiger charge is -2.11. The van der Waals surface area contributed by atoms with Gasteiger partial charge in [-0.1, -0.05) is 6.07 Å². The molecule has 9 heteroatoms. The average molecular weight is 282 g/mol. The molecule has 0 unspecified atom stereocenters. The zero-order valence-electron chi connectivity index (χ0n) is 8.91. The largest absolute Gasteiger partial charge is 0.495 e. The standard InChI is InChI=1S/C8H10O7S2/c1-5-3-4-6(16(9,10)11)8(7(5)15-2)17(12,13)14/h3-4H,1-2H3,(H,9,10,11)(H,12,13,14). The summed E-state index contributed by atoms with van der Waals surface area (Å²) in [6.45, 7) is 1.46. The Morgan fingerprint density at radius 3 is 1.94 bits per heavy atom. The molecular weight excluding hydrogens is 272 g/mol. The fraction of sp³-hybridized carbons (Fsp3) is 0.250. The highest BCUT2D eigenvalue weighted by atomic mass is 32.2. The lowest BCUT2D eigenvalue weighted by Crippen LogP contribution is -2.11. The molecule has 0 saturated carbocycles. The quantitative estimate of drug-likeness (QED) is 0.775. The first-order chi connectivity index (χ1) is 7.59. The van der Waals surface area contributed by atoms with E-state index in [4.69, 9.17) is 13.8 Å². The van der Waals surface area contributed by atoms with Crippen molar-refractivity contribution < 1.29 is 30.7 Å². The third-order valence-electron chi connectivity index (χ3n) is 2.01. The second-order valence-corrected chi connectivity index (χ2v) is 5.94. The monoisotopic (exact) mass is 282 g/mol. The maximum Gasteiger partial charge on any atom is 0.299 e. The lowest BCUT2D eigenvalue weighted by atomic mass is 10.2. The molecule has 0 heterocycles. The molecular formula is C8H10O7S2. The van der Waals surface area contributed by atoms with Crippen molar-refractivity contribution in [3.05, 3.63) is 17.7 Å². The van der Waals surface area contributed by atoms with Crippen LogP contribution in [0.3, 0.4) is 0 Å². The molecule has 1 aromatic carbocycles. The van der Waals surface area contributed by atoms with Crippen LogP contribution in [-0.2, 0) is 20.2 Å². The molecule has 0 fully saturated rings. The van der Waals surface area contributed by atoms with Gasteiger partial charge in [-0.05, 0) is 18.6 Å². The van der Waals surface area contributed by atoms with Gasteiger partial charge in [-0.2, -0.15) is 16.8 Å². The first kappa shape index (κ1) is 13.9. The molecule has 7 nitrogen and oxygen atoms in total. The molecule has 0 atom stereocenters. The maximum absolute atomic E-state index is 11.1. The highest BCUT2D eigenvalue weighted by Crippen LogP contribution is 2.33. The van der Waals surface area contributed by atoms with Gasteiger partial charge in [-0.15, -0.1) is 0 Å². The molecule has 0 aliphatic carbocycles. The van der Waals surface area contributed by atoms with Crippen molar-refractivity contribution in [1.29, 1.82) is 0 Å². The minimum atomic E-state index is -4.85. The van der Waals surface area contributed by atoms with Crippen molar-refractivity contribution in [3.63, 3.8) is 0 Å². The van der Waals surface area contributed by atoms with Crippen LogP contribution in [0.25, 0.3) is 0 Å². The summed E-state index contributed by atoms with van der Waals surface area (Å²) < 4.78 is 66.9. The second-order valence-electron chi connectivity index (χ2n) is 3.19. The Morgan fingerprint density at radius 2 is 1.59 bits per heavy atom. The van der Waals surface area contributed by atoms with Crippen LogP contribution in [0.2, 0.25) is 0 Å². The first-order valence-electron chi connectivity index (χ1n) is 4.21. The number of ether oxygens (including phenoxy) is 1. The molecule has 1 aromatic rings. The third-order valence-corrected chi connectivity index (χ3v) is 3.96. The molecule has 0 aliphatic rings. The van der Waals surface area contributed by atoms with Gasteiger partial charge < -0.3 is 4.74 Å². The predicted octanol–water partition coefficient (Wildman–Crippen LogP) is 0.497. The summed E-state index contributed by atoms with van der Waals surface area (Å²) in [5, 5.41) is 0. The van der Waals surface area contributed by atoms with E-state index in [1.165, 1.54) is 13.0 Å². The van der Waals surface area contributed by atoms with E-state index in [1.807, 2.05) is 0 Å². The van der Waals surface area contributed by atoms with Crippen molar-refractivity contribution in [2.75, 3.05) is 7.11 Å². The molecule has 0 bridgehead atoms. The Hall–Kier alpha value is -1.16. The van der Waals surface area contributed by atoms with Gasteiger partial charge in [0.2, 0.25) is 0 Å². The third kappa shape index (κ3) is 2.75. The van der Waals surface area contributed by atoms with Crippen molar-refractivity contribution in [2.24, 2.45) is 0 Å². The highest BCUT2D eigenvalue weighted by Gasteiger charge is 2.29. The van der Waals surface area contributed by atoms with Gasteiger partial charge in [0.05, 0.1) is 7.11 Å². The van der Waals surface area contributed by atoms with E-state index in [2.05, 4.69) is 0 Å². The summed E-state index contributed by atoms with van der Waals surface area (Å²) in [6.07, 6.45) is 0. The molecule has 0 saturated heterocycles. The van der Waals surface area contributed by atoms with Gasteiger partial charge in [0, 0.05) is 0 Å². The van der Waals surface area contributed by atoms with Crippen molar-refractivity contribution in [3.8, 4) is 5.75 Å². The summed E-state index contributed by atoms with van der Waals surface area (Å²) in [5.74, 6) is -0.331. The van der Waals surface area contributed by atoms with E-state index in [0.717, 1.165) is 13.2 Å². The summed E-state index contributed by atoms with van der Waals surface area (Å²) >= 11 is 0. The van der Waals surface area contributed by atoms with Crippen LogP contribution in [0.4, 0.5) is 0 Å². The Kier molecular flexibility index (Phi) is 3.48. The summed E-state index contributed by atoms with van der Waals surface area (Å²) in [4.78, 5) is -1.90. The van der Waals surface area contributed by atoms with Crippen LogP contribution in [-0.4, -0.2) is 33.1 Å². The first-order valence-corrected chi connectivity index (χ1v) is 7.09. The summed E-state index contributed by atoms with van der Waals surface area (Å²) in [7, 11) is -8.52. The summed E-state index contributed by atoms with van der Waals surface area (Å²) in [6, 6.07) is 2.12. The molecule has 0 spiro atoms. The van der Waals surface area contributed by atoms with E-state index in [-0.39, 0.29) is 5.75 Å².